The van der Waals surface area contributed by atoms with Gasteiger partial charge >= 0.3 is 0 Å². The van der Waals surface area contributed by atoms with E-state index >= 15 is 0 Å². The maximum atomic E-state index is 10.6. The van der Waals surface area contributed by atoms with Crippen LogP contribution in [-0.4, -0.2) is 10.9 Å². The molecule has 0 aliphatic carbocycles. The first kappa shape index (κ1) is 11.6. The molecule has 1 N–H and O–H groups in total. The Hall–Kier alpha value is -1.38. The summed E-state index contributed by atoms with van der Waals surface area (Å²) in [6.45, 7) is 7.40. The number of aromatic nitrogens is 1. The molecule has 1 amide bonds. The summed E-state index contributed by atoms with van der Waals surface area (Å²) in [7, 11) is 0. The van der Waals surface area contributed by atoms with Crippen molar-refractivity contribution in [1.82, 2.24) is 4.98 Å². The van der Waals surface area contributed by atoms with Crippen LogP contribution < -0.4 is 5.32 Å². The van der Waals surface area contributed by atoms with Crippen LogP contribution in [0.3, 0.4) is 0 Å². The molecule has 72 valence electrons. The van der Waals surface area contributed by atoms with E-state index in [4.69, 9.17) is 0 Å². The second-order valence-electron chi connectivity index (χ2n) is 2.37. The first-order valence-corrected chi connectivity index (χ1v) is 4.38. The van der Waals surface area contributed by atoms with Gasteiger partial charge in [-0.05, 0) is 18.6 Å². The van der Waals surface area contributed by atoms with Gasteiger partial charge in [0.05, 0.1) is 11.9 Å². The fourth-order valence-electron chi connectivity index (χ4n) is 0.785. The molecule has 0 saturated heterocycles. The SMILES string of the molecule is CC.CC(=O)Nc1cnccc1C. The first-order chi connectivity index (χ1) is 6.20. The molecule has 0 unspecified atom stereocenters. The van der Waals surface area contributed by atoms with Gasteiger partial charge in [-0.2, -0.15) is 0 Å². The van der Waals surface area contributed by atoms with Crippen LogP contribution in [0.4, 0.5) is 5.69 Å². The van der Waals surface area contributed by atoms with Gasteiger partial charge < -0.3 is 5.32 Å². The fraction of sp³-hybridized carbons (Fsp3) is 0.400. The number of hydrogen-bond acceptors (Lipinski definition) is 2. The van der Waals surface area contributed by atoms with Gasteiger partial charge in [-0.15, -0.1) is 0 Å². The van der Waals surface area contributed by atoms with Crippen LogP contribution >= 0.6 is 0 Å². The third-order valence-corrected chi connectivity index (χ3v) is 1.35. The summed E-state index contributed by atoms with van der Waals surface area (Å²) in [6.07, 6.45) is 3.33. The molecule has 0 saturated carbocycles. The highest BCUT2D eigenvalue weighted by molar-refractivity contribution is 5.89. The highest BCUT2D eigenvalue weighted by Crippen LogP contribution is 2.10. The molecule has 1 rings (SSSR count). The summed E-state index contributed by atoms with van der Waals surface area (Å²) in [6, 6.07) is 1.85. The number of hydrogen-bond donors (Lipinski definition) is 1. The molecule has 0 spiro atoms. The van der Waals surface area contributed by atoms with E-state index in [0.717, 1.165) is 11.3 Å². The Morgan fingerprint density at radius 3 is 2.54 bits per heavy atom. The van der Waals surface area contributed by atoms with Crippen molar-refractivity contribution < 1.29 is 4.79 Å². The average molecular weight is 180 g/mol. The minimum atomic E-state index is -0.0684. The molecule has 0 aliphatic heterocycles. The van der Waals surface area contributed by atoms with Crippen molar-refractivity contribution in [1.29, 1.82) is 0 Å². The Bertz CT molecular complexity index is 271. The molecule has 1 aromatic rings. The van der Waals surface area contributed by atoms with Crippen LogP contribution in [0.5, 0.6) is 0 Å². The van der Waals surface area contributed by atoms with Gasteiger partial charge in [0, 0.05) is 13.1 Å². The molecule has 0 aliphatic rings. The Morgan fingerprint density at radius 1 is 1.46 bits per heavy atom. The summed E-state index contributed by atoms with van der Waals surface area (Å²) < 4.78 is 0. The van der Waals surface area contributed by atoms with Gasteiger partial charge in [-0.25, -0.2) is 0 Å². The summed E-state index contributed by atoms with van der Waals surface area (Å²) >= 11 is 0. The molecule has 3 heteroatoms. The van der Waals surface area contributed by atoms with E-state index < -0.39 is 0 Å². The fourth-order valence-corrected chi connectivity index (χ4v) is 0.785. The molecular weight excluding hydrogens is 164 g/mol. The Balaban J connectivity index is 0.000000671. The standard InChI is InChI=1S/C8H10N2O.C2H6/c1-6-3-4-9-5-8(6)10-7(2)11;1-2/h3-5H,1-2H3,(H,10,11);1-2H3. The predicted octanol–water partition coefficient (Wildman–Crippen LogP) is 2.37. The third-order valence-electron chi connectivity index (χ3n) is 1.35. The van der Waals surface area contributed by atoms with E-state index in [0.29, 0.717) is 0 Å². The Morgan fingerprint density at radius 2 is 2.08 bits per heavy atom. The number of carbonyl (C=O) groups is 1. The first-order valence-electron chi connectivity index (χ1n) is 4.38. The lowest BCUT2D eigenvalue weighted by atomic mass is 10.2. The van der Waals surface area contributed by atoms with Crippen molar-refractivity contribution in [3.05, 3.63) is 24.0 Å². The molecule has 0 atom stereocenters. The van der Waals surface area contributed by atoms with Crippen LogP contribution in [0.25, 0.3) is 0 Å². The number of carbonyl (C=O) groups excluding carboxylic acids is 1. The van der Waals surface area contributed by atoms with Crippen molar-refractivity contribution in [2.45, 2.75) is 27.7 Å². The second-order valence-corrected chi connectivity index (χ2v) is 2.37. The van der Waals surface area contributed by atoms with Crippen molar-refractivity contribution >= 4 is 11.6 Å². The zero-order chi connectivity index (χ0) is 10.3. The lowest BCUT2D eigenvalue weighted by Gasteiger charge is -2.03. The van der Waals surface area contributed by atoms with Crippen LogP contribution in [0.15, 0.2) is 18.5 Å². The summed E-state index contributed by atoms with van der Waals surface area (Å²) in [5.41, 5.74) is 1.80. The van der Waals surface area contributed by atoms with Crippen LogP contribution in [0, 0.1) is 6.92 Å². The second kappa shape index (κ2) is 6.17. The van der Waals surface area contributed by atoms with E-state index in [1.54, 1.807) is 12.4 Å². The maximum absolute atomic E-state index is 10.6. The number of nitrogens with one attached hydrogen (secondary N) is 1. The van der Waals surface area contributed by atoms with E-state index in [-0.39, 0.29) is 5.91 Å². The molecule has 0 fully saturated rings. The number of amides is 1. The smallest absolute Gasteiger partial charge is 0.221 e. The van der Waals surface area contributed by atoms with Gasteiger partial charge in [0.2, 0.25) is 5.91 Å². The highest BCUT2D eigenvalue weighted by atomic mass is 16.1. The molecule has 13 heavy (non-hydrogen) atoms. The zero-order valence-electron chi connectivity index (χ0n) is 8.59. The van der Waals surface area contributed by atoms with E-state index in [1.165, 1.54) is 6.92 Å². The molecule has 0 radical (unpaired) electrons. The maximum Gasteiger partial charge on any atom is 0.221 e. The van der Waals surface area contributed by atoms with E-state index in [2.05, 4.69) is 10.3 Å². The number of nitrogens with zero attached hydrogens (tertiary/aromatic N) is 1. The van der Waals surface area contributed by atoms with Gasteiger partial charge in [0.25, 0.3) is 0 Å². The van der Waals surface area contributed by atoms with E-state index in [1.807, 2.05) is 26.8 Å². The van der Waals surface area contributed by atoms with E-state index in [9.17, 15) is 4.79 Å². The minimum Gasteiger partial charge on any atom is -0.325 e. The zero-order valence-corrected chi connectivity index (χ0v) is 8.59. The lowest BCUT2D eigenvalue weighted by Crippen LogP contribution is -2.07. The lowest BCUT2D eigenvalue weighted by molar-refractivity contribution is -0.114. The topological polar surface area (TPSA) is 42.0 Å². The van der Waals surface area contributed by atoms with Gasteiger partial charge in [-0.1, -0.05) is 13.8 Å². The average Bonchev–Trinajstić information content (AvgIpc) is 2.12. The van der Waals surface area contributed by atoms with Gasteiger partial charge in [-0.3, -0.25) is 9.78 Å². The number of aryl methyl sites for hydroxylation is 1. The molecule has 1 aromatic heterocycles. The number of pyridine rings is 1. The Labute approximate surface area is 79.2 Å². The van der Waals surface area contributed by atoms with Crippen molar-refractivity contribution in [3.63, 3.8) is 0 Å². The molecule has 1 heterocycles. The number of anilines is 1. The summed E-state index contributed by atoms with van der Waals surface area (Å²) in [5, 5.41) is 2.67. The Kier molecular flexibility index (Phi) is 5.52. The normalized spacial score (nSPS) is 8.31. The number of rotatable bonds is 1. The van der Waals surface area contributed by atoms with Crippen molar-refractivity contribution in [2.75, 3.05) is 5.32 Å². The van der Waals surface area contributed by atoms with Crippen molar-refractivity contribution in [2.24, 2.45) is 0 Å². The summed E-state index contributed by atoms with van der Waals surface area (Å²) in [4.78, 5) is 14.5. The monoisotopic (exact) mass is 180 g/mol. The third kappa shape index (κ3) is 4.25. The highest BCUT2D eigenvalue weighted by Gasteiger charge is 1.97. The van der Waals surface area contributed by atoms with Crippen LogP contribution in [-0.2, 0) is 4.79 Å². The van der Waals surface area contributed by atoms with Crippen molar-refractivity contribution in [3.8, 4) is 0 Å². The van der Waals surface area contributed by atoms with Gasteiger partial charge in [0.15, 0.2) is 0 Å². The van der Waals surface area contributed by atoms with Crippen LogP contribution in [0.1, 0.15) is 26.3 Å². The minimum absolute atomic E-state index is 0.0684. The molecule has 0 aromatic carbocycles. The summed E-state index contributed by atoms with van der Waals surface area (Å²) in [5.74, 6) is -0.0684. The predicted molar refractivity (Wildman–Crippen MR) is 54.6 cm³/mol. The molecular formula is C10H16N2O. The van der Waals surface area contributed by atoms with Gasteiger partial charge in [0.1, 0.15) is 0 Å². The largest absolute Gasteiger partial charge is 0.325 e. The molecule has 0 bridgehead atoms. The van der Waals surface area contributed by atoms with Crippen LogP contribution in [0.2, 0.25) is 0 Å². The molecule has 3 nitrogen and oxygen atoms in total. The quantitative estimate of drug-likeness (QED) is 0.721.